The monoisotopic (exact) mass is 380 g/mol. The Labute approximate surface area is 164 Å². The molecule has 3 aliphatic carbocycles. The normalized spacial score (nSPS) is 22.4. The Morgan fingerprint density at radius 2 is 1.93 bits per heavy atom. The van der Waals surface area contributed by atoms with Gasteiger partial charge in [0.1, 0.15) is 5.82 Å². The van der Waals surface area contributed by atoms with Crippen molar-refractivity contribution >= 4 is 5.91 Å². The van der Waals surface area contributed by atoms with Crippen LogP contribution < -0.4 is 5.32 Å². The van der Waals surface area contributed by atoms with Crippen LogP contribution in [0.1, 0.15) is 71.9 Å². The molecule has 1 atom stereocenters. The van der Waals surface area contributed by atoms with Crippen LogP contribution in [0.25, 0.3) is 0 Å². The van der Waals surface area contributed by atoms with Gasteiger partial charge in [0.25, 0.3) is 5.91 Å². The zero-order valence-electron chi connectivity index (χ0n) is 15.9. The van der Waals surface area contributed by atoms with E-state index in [1.54, 1.807) is 0 Å². The molecule has 28 heavy (non-hydrogen) atoms. The van der Waals surface area contributed by atoms with Gasteiger partial charge in [0.15, 0.2) is 0 Å². The number of carbonyl (C=O) groups excluding carboxylic acids is 1. The summed E-state index contributed by atoms with van der Waals surface area (Å²) in [6.45, 7) is 0.865. The number of pyridine rings is 1. The number of rotatable bonds is 6. The molecular formula is C23H25FN2O2. The van der Waals surface area contributed by atoms with E-state index in [4.69, 9.17) is 9.72 Å². The Kier molecular flexibility index (Phi) is 4.43. The third kappa shape index (κ3) is 3.55. The first-order valence-electron chi connectivity index (χ1n) is 10.3. The van der Waals surface area contributed by atoms with Crippen molar-refractivity contribution in [3.8, 4) is 0 Å². The van der Waals surface area contributed by atoms with Gasteiger partial charge < -0.3 is 10.1 Å². The Balaban J connectivity index is 1.33. The molecule has 0 spiro atoms. The lowest BCUT2D eigenvalue weighted by atomic mass is 9.92. The number of hydrogen-bond acceptors (Lipinski definition) is 3. The van der Waals surface area contributed by atoms with Crippen molar-refractivity contribution < 1.29 is 13.9 Å². The van der Waals surface area contributed by atoms with Crippen molar-refractivity contribution in [2.45, 2.75) is 56.6 Å². The Bertz CT molecular complexity index is 888. The maximum atomic E-state index is 13.1. The molecule has 1 heterocycles. The number of carbonyl (C=O) groups is 1. The van der Waals surface area contributed by atoms with Crippen LogP contribution in [-0.2, 0) is 16.7 Å². The van der Waals surface area contributed by atoms with E-state index in [0.29, 0.717) is 5.56 Å². The van der Waals surface area contributed by atoms with E-state index in [1.807, 2.05) is 0 Å². The fraction of sp³-hybridized carbons (Fsp3) is 0.478. The summed E-state index contributed by atoms with van der Waals surface area (Å²) in [6.07, 6.45) is 7.64. The van der Waals surface area contributed by atoms with Crippen molar-refractivity contribution in [1.29, 1.82) is 0 Å². The van der Waals surface area contributed by atoms with Crippen LogP contribution in [0.4, 0.5) is 4.39 Å². The zero-order valence-corrected chi connectivity index (χ0v) is 15.9. The number of fused-ring (bicyclic) bond motifs is 1. The van der Waals surface area contributed by atoms with Crippen molar-refractivity contribution in [3.05, 3.63) is 64.7 Å². The maximum Gasteiger partial charge on any atom is 0.252 e. The molecule has 5 rings (SSSR count). The lowest BCUT2D eigenvalue weighted by Gasteiger charge is -2.27. The first-order valence-corrected chi connectivity index (χ1v) is 10.3. The van der Waals surface area contributed by atoms with Crippen LogP contribution in [0.3, 0.4) is 0 Å². The van der Waals surface area contributed by atoms with Gasteiger partial charge in [-0.1, -0.05) is 6.07 Å². The van der Waals surface area contributed by atoms with Crippen molar-refractivity contribution in [2.24, 2.45) is 5.92 Å². The van der Waals surface area contributed by atoms with E-state index < -0.39 is 0 Å². The number of nitrogens with zero attached hydrogens (tertiary/aromatic N) is 1. The molecule has 1 N–H and O–H groups in total. The van der Waals surface area contributed by atoms with Gasteiger partial charge in [0.2, 0.25) is 0 Å². The number of hydrogen-bond donors (Lipinski definition) is 1. The second-order valence-electron chi connectivity index (χ2n) is 8.43. The van der Waals surface area contributed by atoms with Gasteiger partial charge in [0, 0.05) is 16.8 Å². The summed E-state index contributed by atoms with van der Waals surface area (Å²) < 4.78 is 19.3. The number of halogens is 1. The summed E-state index contributed by atoms with van der Waals surface area (Å²) in [5, 5.41) is 3.13. The summed E-state index contributed by atoms with van der Waals surface area (Å²) in [7, 11) is 0. The largest absolute Gasteiger partial charge is 0.373 e. The number of benzene rings is 1. The van der Waals surface area contributed by atoms with Gasteiger partial charge in [-0.3, -0.25) is 9.78 Å². The molecule has 146 valence electrons. The second-order valence-corrected chi connectivity index (χ2v) is 8.43. The first kappa shape index (κ1) is 17.8. The highest BCUT2D eigenvalue weighted by atomic mass is 19.1. The third-order valence-corrected chi connectivity index (χ3v) is 6.17. The van der Waals surface area contributed by atoms with Crippen LogP contribution in [-0.4, -0.2) is 17.5 Å². The van der Waals surface area contributed by atoms with Crippen LogP contribution in [0.15, 0.2) is 36.4 Å². The lowest BCUT2D eigenvalue weighted by molar-refractivity contribution is 0.0332. The molecule has 5 heteroatoms. The van der Waals surface area contributed by atoms with Gasteiger partial charge in [-0.15, -0.1) is 0 Å². The van der Waals surface area contributed by atoms with E-state index in [2.05, 4.69) is 17.4 Å². The molecule has 3 aliphatic rings. The van der Waals surface area contributed by atoms with Crippen molar-refractivity contribution in [2.75, 3.05) is 6.61 Å². The highest BCUT2D eigenvalue weighted by Crippen LogP contribution is 2.46. The molecule has 4 nitrogen and oxygen atoms in total. The lowest BCUT2D eigenvalue weighted by Crippen LogP contribution is -2.36. The minimum absolute atomic E-state index is 0.162. The summed E-state index contributed by atoms with van der Waals surface area (Å²) in [4.78, 5) is 17.5. The molecule has 1 aromatic carbocycles. The molecular weight excluding hydrogens is 355 g/mol. The summed E-state index contributed by atoms with van der Waals surface area (Å²) in [5.41, 5.74) is 3.36. The smallest absolute Gasteiger partial charge is 0.252 e. The molecule has 0 radical (unpaired) electrons. The number of aryl methyl sites for hydroxylation is 1. The SMILES string of the molecule is O=C(NC1(c2ccc3c(n2)CCC[C@H]3OCC2CC2)CC1)c1ccc(F)cc1. The van der Waals surface area contributed by atoms with Gasteiger partial charge >= 0.3 is 0 Å². The molecule has 0 aliphatic heterocycles. The number of amides is 1. The quantitative estimate of drug-likeness (QED) is 0.806. The molecule has 2 saturated carbocycles. The van der Waals surface area contributed by atoms with Crippen LogP contribution >= 0.6 is 0 Å². The summed E-state index contributed by atoms with van der Waals surface area (Å²) in [5.74, 6) is 0.240. The molecule has 1 aromatic heterocycles. The zero-order chi connectivity index (χ0) is 19.1. The summed E-state index contributed by atoms with van der Waals surface area (Å²) in [6, 6.07) is 9.86. The minimum atomic E-state index is -0.387. The average molecular weight is 380 g/mol. The molecule has 2 aromatic rings. The first-order chi connectivity index (χ1) is 13.6. The van der Waals surface area contributed by atoms with E-state index in [-0.39, 0.29) is 23.4 Å². The fourth-order valence-corrected chi connectivity index (χ4v) is 4.05. The van der Waals surface area contributed by atoms with Crippen LogP contribution in [0.5, 0.6) is 0 Å². The van der Waals surface area contributed by atoms with Crippen molar-refractivity contribution in [3.63, 3.8) is 0 Å². The van der Waals surface area contributed by atoms with Gasteiger partial charge in [0.05, 0.1) is 23.9 Å². The summed E-state index contributed by atoms with van der Waals surface area (Å²) >= 11 is 0. The number of aromatic nitrogens is 1. The molecule has 0 unspecified atom stereocenters. The molecule has 1 amide bonds. The van der Waals surface area contributed by atoms with Gasteiger partial charge in [-0.2, -0.15) is 0 Å². The maximum absolute atomic E-state index is 13.1. The van der Waals surface area contributed by atoms with E-state index >= 15 is 0 Å². The minimum Gasteiger partial charge on any atom is -0.373 e. The Morgan fingerprint density at radius 3 is 2.64 bits per heavy atom. The number of ether oxygens (including phenoxy) is 1. The third-order valence-electron chi connectivity index (χ3n) is 6.17. The standard InChI is InChI=1S/C23H25FN2O2/c24-17-8-6-16(7-9-17)22(27)26-23(12-13-23)21-11-10-18-19(25-21)2-1-3-20(18)28-14-15-4-5-15/h6-11,15,20H,1-5,12-14H2,(H,26,27)/t20-/m1/s1. The van der Waals surface area contributed by atoms with Crippen LogP contribution in [0.2, 0.25) is 0 Å². The Morgan fingerprint density at radius 1 is 1.14 bits per heavy atom. The van der Waals surface area contributed by atoms with Crippen molar-refractivity contribution in [1.82, 2.24) is 10.3 Å². The van der Waals surface area contributed by atoms with Crippen LogP contribution in [0, 0.1) is 11.7 Å². The average Bonchev–Trinajstić information content (AvgIpc) is 3.63. The topological polar surface area (TPSA) is 51.2 Å². The predicted molar refractivity (Wildman–Crippen MR) is 103 cm³/mol. The van der Waals surface area contributed by atoms with Gasteiger partial charge in [-0.25, -0.2) is 4.39 Å². The van der Waals surface area contributed by atoms with E-state index in [9.17, 15) is 9.18 Å². The fourth-order valence-electron chi connectivity index (χ4n) is 4.05. The van der Waals surface area contributed by atoms with E-state index in [1.165, 1.54) is 42.7 Å². The number of nitrogens with one attached hydrogen (secondary N) is 1. The predicted octanol–water partition coefficient (Wildman–Crippen LogP) is 4.44. The Hall–Kier alpha value is -2.27. The highest BCUT2D eigenvalue weighted by Gasteiger charge is 2.47. The molecule has 0 bridgehead atoms. The van der Waals surface area contributed by atoms with E-state index in [0.717, 1.165) is 56.0 Å². The molecule has 2 fully saturated rings. The van der Waals surface area contributed by atoms with Gasteiger partial charge in [-0.05, 0) is 81.2 Å². The molecule has 0 saturated heterocycles. The second kappa shape index (κ2) is 6.96. The highest BCUT2D eigenvalue weighted by molar-refractivity contribution is 5.95.